The van der Waals surface area contributed by atoms with Crippen LogP contribution >= 0.6 is 0 Å². The fraction of sp³-hybridized carbons (Fsp3) is 0.739. The van der Waals surface area contributed by atoms with Crippen molar-refractivity contribution in [2.45, 2.75) is 89.4 Å². The van der Waals surface area contributed by atoms with Crippen molar-refractivity contribution in [3.8, 4) is 0 Å². The quantitative estimate of drug-likeness (QED) is 0.0436. The molecule has 0 saturated carbocycles. The predicted octanol–water partition coefficient (Wildman–Crippen LogP) is -2.65. The second kappa shape index (κ2) is 18.7. The van der Waals surface area contributed by atoms with Crippen LogP contribution in [0.2, 0.25) is 0 Å². The van der Waals surface area contributed by atoms with Crippen LogP contribution in [0, 0.1) is 5.92 Å². The van der Waals surface area contributed by atoms with Crippen molar-refractivity contribution < 1.29 is 29.1 Å². The van der Waals surface area contributed by atoms with Gasteiger partial charge in [0.25, 0.3) is 0 Å². The molecule has 15 nitrogen and oxygen atoms in total. The summed E-state index contributed by atoms with van der Waals surface area (Å²) in [4.78, 5) is 65.3. The van der Waals surface area contributed by atoms with E-state index in [0.29, 0.717) is 32.2 Å². The largest absolute Gasteiger partial charge is 0.480 e. The van der Waals surface area contributed by atoms with Gasteiger partial charge in [-0.1, -0.05) is 20.3 Å². The van der Waals surface area contributed by atoms with Crippen LogP contribution in [0.3, 0.4) is 0 Å². The van der Waals surface area contributed by atoms with Gasteiger partial charge in [0.15, 0.2) is 5.96 Å². The SMILES string of the molecule is CCC(C)C(NC(=O)C(N)CCC(N)=O)C(=O)NC(CCCCN)C(=O)NC(CCCN=C(N)N)C(=O)O. The van der Waals surface area contributed by atoms with Crippen molar-refractivity contribution in [2.75, 3.05) is 13.1 Å². The number of hydrogen-bond acceptors (Lipinski definition) is 8. The second-order valence-corrected chi connectivity index (χ2v) is 9.18. The molecule has 0 heterocycles. The van der Waals surface area contributed by atoms with E-state index in [1.165, 1.54) is 0 Å². The smallest absolute Gasteiger partial charge is 0.326 e. The zero-order chi connectivity index (χ0) is 29.3. The number of nitrogens with two attached hydrogens (primary N) is 5. The van der Waals surface area contributed by atoms with Crippen molar-refractivity contribution in [3.63, 3.8) is 0 Å². The Morgan fingerprint density at radius 1 is 0.842 bits per heavy atom. The highest BCUT2D eigenvalue weighted by Crippen LogP contribution is 2.11. The first-order valence-corrected chi connectivity index (χ1v) is 12.8. The van der Waals surface area contributed by atoms with E-state index in [0.717, 1.165) is 0 Å². The van der Waals surface area contributed by atoms with Gasteiger partial charge in [-0.3, -0.25) is 24.2 Å². The summed E-state index contributed by atoms with van der Waals surface area (Å²) in [6.45, 7) is 4.14. The molecule has 218 valence electrons. The van der Waals surface area contributed by atoms with Crippen LogP contribution in [0.5, 0.6) is 0 Å². The molecule has 0 aromatic rings. The Bertz CT molecular complexity index is 819. The van der Waals surface area contributed by atoms with E-state index in [1.54, 1.807) is 6.92 Å². The number of guanidine groups is 1. The topological polar surface area (TPSA) is 284 Å². The van der Waals surface area contributed by atoms with Crippen LogP contribution in [0.1, 0.15) is 65.2 Å². The van der Waals surface area contributed by atoms with Gasteiger partial charge in [0.05, 0.1) is 6.04 Å². The van der Waals surface area contributed by atoms with Gasteiger partial charge in [0, 0.05) is 13.0 Å². The predicted molar refractivity (Wildman–Crippen MR) is 142 cm³/mol. The summed E-state index contributed by atoms with van der Waals surface area (Å²) in [7, 11) is 0. The molecule has 0 aliphatic rings. The number of aliphatic carboxylic acids is 1. The molecule has 0 saturated heterocycles. The molecule has 0 spiro atoms. The number of primary amides is 1. The third kappa shape index (κ3) is 14.3. The van der Waals surface area contributed by atoms with Crippen LogP contribution < -0.4 is 44.6 Å². The lowest BCUT2D eigenvalue weighted by atomic mass is 9.96. The molecule has 0 fully saturated rings. The lowest BCUT2D eigenvalue weighted by molar-refractivity contribution is -0.142. The fourth-order valence-electron chi connectivity index (χ4n) is 3.45. The van der Waals surface area contributed by atoms with Gasteiger partial charge >= 0.3 is 5.97 Å². The molecule has 0 bridgehead atoms. The lowest BCUT2D eigenvalue weighted by Crippen LogP contribution is -2.58. The van der Waals surface area contributed by atoms with Crippen molar-refractivity contribution in [1.82, 2.24) is 16.0 Å². The minimum Gasteiger partial charge on any atom is -0.480 e. The van der Waals surface area contributed by atoms with Crippen molar-refractivity contribution in [2.24, 2.45) is 39.6 Å². The molecule has 5 unspecified atom stereocenters. The molecule has 0 aromatic carbocycles. The zero-order valence-corrected chi connectivity index (χ0v) is 22.3. The van der Waals surface area contributed by atoms with E-state index >= 15 is 0 Å². The molecule has 5 atom stereocenters. The molecule has 4 amide bonds. The molecule has 14 N–H and O–H groups in total. The molecular formula is C23H45N9O6. The first-order chi connectivity index (χ1) is 17.8. The summed E-state index contributed by atoms with van der Waals surface area (Å²) in [5.74, 6) is -4.24. The summed E-state index contributed by atoms with van der Waals surface area (Å²) in [5.41, 5.74) is 27.0. The minimum atomic E-state index is -1.25. The number of carboxylic acid groups (broad SMARTS) is 1. The van der Waals surface area contributed by atoms with Gasteiger partial charge in [-0.15, -0.1) is 0 Å². The van der Waals surface area contributed by atoms with E-state index in [-0.39, 0.29) is 44.1 Å². The van der Waals surface area contributed by atoms with Crippen LogP contribution in [-0.4, -0.2) is 77.9 Å². The van der Waals surface area contributed by atoms with Gasteiger partial charge in [0.1, 0.15) is 18.1 Å². The van der Waals surface area contributed by atoms with E-state index in [1.807, 2.05) is 6.92 Å². The summed E-state index contributed by atoms with van der Waals surface area (Å²) in [6, 6.07) is -4.37. The molecular weight excluding hydrogens is 498 g/mol. The first-order valence-electron chi connectivity index (χ1n) is 12.8. The number of rotatable bonds is 20. The maximum Gasteiger partial charge on any atom is 0.326 e. The van der Waals surface area contributed by atoms with Gasteiger partial charge in [-0.25, -0.2) is 4.79 Å². The van der Waals surface area contributed by atoms with Gasteiger partial charge in [-0.2, -0.15) is 0 Å². The standard InChI is InChI=1S/C23H45N9O6/c1-3-13(2)18(32-19(34)14(25)9-10-17(26)33)21(36)30-15(7-4-5-11-24)20(35)31-16(22(37)38)8-6-12-29-23(27)28/h13-16,18H,3-12,24-25H2,1-2H3,(H2,26,33)(H,30,36)(H,31,35)(H,32,34)(H,37,38)(H4,27,28,29). The van der Waals surface area contributed by atoms with Crippen molar-refractivity contribution >= 4 is 35.6 Å². The Labute approximate surface area is 223 Å². The van der Waals surface area contributed by atoms with Crippen LogP contribution in [0.4, 0.5) is 0 Å². The van der Waals surface area contributed by atoms with Crippen LogP contribution in [-0.2, 0) is 24.0 Å². The normalized spacial score (nSPS) is 14.7. The summed E-state index contributed by atoms with van der Waals surface area (Å²) >= 11 is 0. The van der Waals surface area contributed by atoms with Gasteiger partial charge in [0.2, 0.25) is 23.6 Å². The van der Waals surface area contributed by atoms with E-state index in [2.05, 4.69) is 20.9 Å². The molecule has 0 aromatic heterocycles. The Morgan fingerprint density at radius 3 is 1.97 bits per heavy atom. The number of carboxylic acids is 1. The van der Waals surface area contributed by atoms with Crippen molar-refractivity contribution in [1.29, 1.82) is 0 Å². The zero-order valence-electron chi connectivity index (χ0n) is 22.3. The summed E-state index contributed by atoms with van der Waals surface area (Å²) < 4.78 is 0. The van der Waals surface area contributed by atoms with Crippen molar-refractivity contribution in [3.05, 3.63) is 0 Å². The highest BCUT2D eigenvalue weighted by molar-refractivity contribution is 5.94. The maximum atomic E-state index is 13.2. The number of nitrogens with zero attached hydrogens (tertiary/aromatic N) is 1. The summed E-state index contributed by atoms with van der Waals surface area (Å²) in [6.07, 6.45) is 2.10. The molecule has 0 rings (SSSR count). The van der Waals surface area contributed by atoms with E-state index < -0.39 is 53.8 Å². The average Bonchev–Trinajstić information content (AvgIpc) is 2.85. The van der Waals surface area contributed by atoms with Crippen LogP contribution in [0.15, 0.2) is 4.99 Å². The fourth-order valence-corrected chi connectivity index (χ4v) is 3.45. The number of unbranched alkanes of at least 4 members (excludes halogenated alkanes) is 1. The summed E-state index contributed by atoms with van der Waals surface area (Å²) in [5, 5.41) is 17.2. The Kier molecular flexibility index (Phi) is 17.0. The lowest BCUT2D eigenvalue weighted by Gasteiger charge is -2.28. The number of aliphatic imine (C=N–C) groups is 1. The second-order valence-electron chi connectivity index (χ2n) is 9.18. The van der Waals surface area contributed by atoms with E-state index in [4.69, 9.17) is 28.7 Å². The maximum absolute atomic E-state index is 13.2. The molecule has 0 aliphatic heterocycles. The number of hydrogen-bond donors (Lipinski definition) is 9. The van der Waals surface area contributed by atoms with Gasteiger partial charge < -0.3 is 49.7 Å². The monoisotopic (exact) mass is 543 g/mol. The third-order valence-corrected chi connectivity index (χ3v) is 5.97. The molecule has 15 heteroatoms. The minimum absolute atomic E-state index is 0.0138. The average molecular weight is 544 g/mol. The number of amides is 4. The number of nitrogens with one attached hydrogen (secondary N) is 3. The number of carbonyl (C=O) groups excluding carboxylic acids is 4. The third-order valence-electron chi connectivity index (χ3n) is 5.97. The van der Waals surface area contributed by atoms with Crippen LogP contribution in [0.25, 0.3) is 0 Å². The highest BCUT2D eigenvalue weighted by Gasteiger charge is 2.32. The Morgan fingerprint density at radius 2 is 1.45 bits per heavy atom. The number of carbonyl (C=O) groups is 5. The van der Waals surface area contributed by atoms with E-state index in [9.17, 15) is 29.1 Å². The first kappa shape index (κ1) is 34.5. The highest BCUT2D eigenvalue weighted by atomic mass is 16.4. The molecule has 0 radical (unpaired) electrons. The Hall–Kier alpha value is -3.46. The molecule has 0 aliphatic carbocycles. The Balaban J connectivity index is 5.53. The molecule has 38 heavy (non-hydrogen) atoms. The van der Waals surface area contributed by atoms with Gasteiger partial charge in [-0.05, 0) is 51.0 Å².